The second-order valence-electron chi connectivity index (χ2n) is 6.42. The highest BCUT2D eigenvalue weighted by Crippen LogP contribution is 2.31. The first-order valence-corrected chi connectivity index (χ1v) is 7.86. The molecule has 1 aromatic heterocycles. The first kappa shape index (κ1) is 15.1. The standard InChI is InChI=1S/C16H28N4/c1-11(2)9-10-20(14-7-5-6-8-14)16-12(3)15(17)18-13(4)19-16/h11,14H,5-10H2,1-4H3,(H2,17,18,19). The zero-order valence-corrected chi connectivity index (χ0v) is 13.3. The van der Waals surface area contributed by atoms with Crippen LogP contribution >= 0.6 is 0 Å². The molecular formula is C16H28N4. The molecule has 1 aliphatic carbocycles. The Kier molecular flexibility index (Phi) is 4.84. The summed E-state index contributed by atoms with van der Waals surface area (Å²) in [5, 5.41) is 0. The molecule has 1 saturated carbocycles. The van der Waals surface area contributed by atoms with E-state index < -0.39 is 0 Å². The van der Waals surface area contributed by atoms with Gasteiger partial charge in [-0.3, -0.25) is 0 Å². The molecule has 4 heteroatoms. The molecular weight excluding hydrogens is 248 g/mol. The van der Waals surface area contributed by atoms with Gasteiger partial charge in [-0.15, -0.1) is 0 Å². The smallest absolute Gasteiger partial charge is 0.137 e. The lowest BCUT2D eigenvalue weighted by Gasteiger charge is -2.32. The summed E-state index contributed by atoms with van der Waals surface area (Å²) >= 11 is 0. The number of hydrogen-bond donors (Lipinski definition) is 1. The van der Waals surface area contributed by atoms with Gasteiger partial charge >= 0.3 is 0 Å². The minimum atomic E-state index is 0.625. The molecule has 2 rings (SSSR count). The van der Waals surface area contributed by atoms with Crippen molar-refractivity contribution in [1.29, 1.82) is 0 Å². The van der Waals surface area contributed by atoms with Gasteiger partial charge in [0.25, 0.3) is 0 Å². The predicted molar refractivity (Wildman–Crippen MR) is 85.0 cm³/mol. The lowest BCUT2D eigenvalue weighted by molar-refractivity contribution is 0.523. The maximum atomic E-state index is 6.04. The Bertz CT molecular complexity index is 450. The number of rotatable bonds is 5. The summed E-state index contributed by atoms with van der Waals surface area (Å²) in [6.07, 6.45) is 6.42. The first-order valence-electron chi connectivity index (χ1n) is 7.86. The van der Waals surface area contributed by atoms with Crippen molar-refractivity contribution in [3.8, 4) is 0 Å². The van der Waals surface area contributed by atoms with Crippen LogP contribution in [-0.2, 0) is 0 Å². The van der Waals surface area contributed by atoms with Crippen molar-refractivity contribution in [2.24, 2.45) is 5.92 Å². The van der Waals surface area contributed by atoms with Gasteiger partial charge in [0.1, 0.15) is 17.5 Å². The number of hydrogen-bond acceptors (Lipinski definition) is 4. The summed E-state index contributed by atoms with van der Waals surface area (Å²) in [6.45, 7) is 9.59. The van der Waals surface area contributed by atoms with Gasteiger partial charge in [0.05, 0.1) is 0 Å². The molecule has 0 aliphatic heterocycles. The maximum absolute atomic E-state index is 6.04. The molecule has 1 aromatic rings. The van der Waals surface area contributed by atoms with E-state index >= 15 is 0 Å². The molecule has 0 amide bonds. The lowest BCUT2D eigenvalue weighted by Crippen LogP contribution is -2.36. The highest BCUT2D eigenvalue weighted by molar-refractivity contribution is 5.57. The van der Waals surface area contributed by atoms with Crippen LogP contribution in [0.4, 0.5) is 11.6 Å². The Morgan fingerprint density at radius 3 is 2.45 bits per heavy atom. The molecule has 0 spiro atoms. The Hall–Kier alpha value is -1.32. The normalized spacial score (nSPS) is 16.1. The van der Waals surface area contributed by atoms with E-state index in [4.69, 9.17) is 10.7 Å². The van der Waals surface area contributed by atoms with E-state index in [1.54, 1.807) is 0 Å². The fourth-order valence-corrected chi connectivity index (χ4v) is 2.99. The van der Waals surface area contributed by atoms with Crippen molar-refractivity contribution in [2.45, 2.75) is 65.8 Å². The van der Waals surface area contributed by atoms with Crippen LogP contribution in [-0.4, -0.2) is 22.6 Å². The molecule has 2 N–H and O–H groups in total. The fraction of sp³-hybridized carbons (Fsp3) is 0.750. The van der Waals surface area contributed by atoms with E-state index in [9.17, 15) is 0 Å². The average Bonchev–Trinajstić information content (AvgIpc) is 2.88. The summed E-state index contributed by atoms with van der Waals surface area (Å²) in [5.74, 6) is 3.16. The predicted octanol–water partition coefficient (Wildman–Crippen LogP) is 3.47. The Morgan fingerprint density at radius 2 is 1.85 bits per heavy atom. The number of anilines is 2. The summed E-state index contributed by atoms with van der Waals surface area (Å²) < 4.78 is 0. The van der Waals surface area contributed by atoms with E-state index in [1.165, 1.54) is 32.1 Å². The first-order chi connectivity index (χ1) is 9.49. The van der Waals surface area contributed by atoms with Crippen molar-refractivity contribution < 1.29 is 0 Å². The van der Waals surface area contributed by atoms with Gasteiger partial charge in [0, 0.05) is 18.2 Å². The molecule has 1 heterocycles. The third-order valence-corrected chi connectivity index (χ3v) is 4.25. The fourth-order valence-electron chi connectivity index (χ4n) is 2.99. The number of nitrogens with two attached hydrogens (primary N) is 1. The quantitative estimate of drug-likeness (QED) is 0.894. The monoisotopic (exact) mass is 276 g/mol. The molecule has 0 saturated heterocycles. The van der Waals surface area contributed by atoms with Crippen LogP contribution in [0.1, 0.15) is 57.3 Å². The molecule has 0 atom stereocenters. The van der Waals surface area contributed by atoms with Crippen molar-refractivity contribution >= 4 is 11.6 Å². The van der Waals surface area contributed by atoms with Gasteiger partial charge in [-0.05, 0) is 39.0 Å². The van der Waals surface area contributed by atoms with Gasteiger partial charge in [-0.25, -0.2) is 9.97 Å². The highest BCUT2D eigenvalue weighted by atomic mass is 15.2. The van der Waals surface area contributed by atoms with Crippen LogP contribution in [0, 0.1) is 19.8 Å². The molecule has 1 aliphatic rings. The highest BCUT2D eigenvalue weighted by Gasteiger charge is 2.25. The summed E-state index contributed by atoms with van der Waals surface area (Å²) in [6, 6.07) is 0.626. The molecule has 20 heavy (non-hydrogen) atoms. The number of aromatic nitrogens is 2. The van der Waals surface area contributed by atoms with Gasteiger partial charge in [-0.2, -0.15) is 0 Å². The Morgan fingerprint density at radius 1 is 1.20 bits per heavy atom. The van der Waals surface area contributed by atoms with Gasteiger partial charge in [0.2, 0.25) is 0 Å². The van der Waals surface area contributed by atoms with E-state index in [0.29, 0.717) is 17.8 Å². The molecule has 1 fully saturated rings. The molecule has 0 unspecified atom stereocenters. The molecule has 0 bridgehead atoms. The topological polar surface area (TPSA) is 55.0 Å². The zero-order chi connectivity index (χ0) is 14.7. The van der Waals surface area contributed by atoms with Crippen LogP contribution in [0.2, 0.25) is 0 Å². The van der Waals surface area contributed by atoms with E-state index in [1.807, 2.05) is 13.8 Å². The van der Waals surface area contributed by atoms with Crippen molar-refractivity contribution in [3.63, 3.8) is 0 Å². The van der Waals surface area contributed by atoms with Crippen LogP contribution in [0.5, 0.6) is 0 Å². The number of nitrogen functional groups attached to an aromatic ring is 1. The summed E-state index contributed by atoms with van der Waals surface area (Å²) in [4.78, 5) is 11.5. The Labute approximate surface area is 122 Å². The van der Waals surface area contributed by atoms with Crippen LogP contribution < -0.4 is 10.6 Å². The van der Waals surface area contributed by atoms with Crippen molar-refractivity contribution in [2.75, 3.05) is 17.2 Å². The number of aryl methyl sites for hydroxylation is 1. The Balaban J connectivity index is 2.29. The van der Waals surface area contributed by atoms with Gasteiger partial charge < -0.3 is 10.6 Å². The summed E-state index contributed by atoms with van der Waals surface area (Å²) in [5.41, 5.74) is 7.07. The van der Waals surface area contributed by atoms with Crippen molar-refractivity contribution in [3.05, 3.63) is 11.4 Å². The second-order valence-corrected chi connectivity index (χ2v) is 6.42. The average molecular weight is 276 g/mol. The van der Waals surface area contributed by atoms with E-state index in [-0.39, 0.29) is 0 Å². The van der Waals surface area contributed by atoms with E-state index in [0.717, 1.165) is 23.8 Å². The summed E-state index contributed by atoms with van der Waals surface area (Å²) in [7, 11) is 0. The third kappa shape index (κ3) is 3.41. The molecule has 112 valence electrons. The van der Waals surface area contributed by atoms with Crippen LogP contribution in [0.3, 0.4) is 0 Å². The van der Waals surface area contributed by atoms with E-state index in [2.05, 4.69) is 23.7 Å². The molecule has 4 nitrogen and oxygen atoms in total. The van der Waals surface area contributed by atoms with Gasteiger partial charge in [0.15, 0.2) is 0 Å². The lowest BCUT2D eigenvalue weighted by atomic mass is 10.1. The SMILES string of the molecule is Cc1nc(N)c(C)c(N(CCC(C)C)C2CCCC2)n1. The minimum Gasteiger partial charge on any atom is -0.383 e. The van der Waals surface area contributed by atoms with Crippen LogP contribution in [0.15, 0.2) is 0 Å². The van der Waals surface area contributed by atoms with Gasteiger partial charge in [-0.1, -0.05) is 26.7 Å². The minimum absolute atomic E-state index is 0.625. The second kappa shape index (κ2) is 6.42. The molecule has 0 radical (unpaired) electrons. The van der Waals surface area contributed by atoms with Crippen molar-refractivity contribution in [1.82, 2.24) is 9.97 Å². The maximum Gasteiger partial charge on any atom is 0.137 e. The van der Waals surface area contributed by atoms with Crippen LogP contribution in [0.25, 0.3) is 0 Å². The largest absolute Gasteiger partial charge is 0.383 e. The zero-order valence-electron chi connectivity index (χ0n) is 13.3. The third-order valence-electron chi connectivity index (χ3n) is 4.25. The number of nitrogens with zero attached hydrogens (tertiary/aromatic N) is 3. The molecule has 0 aromatic carbocycles.